The maximum Gasteiger partial charge on any atom is 0.244 e. The molecule has 74 valence electrons. The zero-order chi connectivity index (χ0) is 10.0. The number of amidine groups is 1. The number of azo groups is 1. The minimum Gasteiger partial charge on any atom is -0.294 e. The van der Waals surface area contributed by atoms with Crippen molar-refractivity contribution >= 4 is 11.7 Å². The van der Waals surface area contributed by atoms with Gasteiger partial charge in [0.05, 0.1) is 0 Å². The second kappa shape index (κ2) is 3.10. The van der Waals surface area contributed by atoms with Crippen molar-refractivity contribution in [2.45, 2.75) is 5.79 Å². The summed E-state index contributed by atoms with van der Waals surface area (Å²) in [6.45, 7) is 0. The minimum absolute atomic E-state index is 0.0134. The lowest BCUT2D eigenvalue weighted by molar-refractivity contribution is 0.0350. The fraction of sp³-hybridized carbons (Fsp3) is 0.250. The number of hydrogen-bond acceptors (Lipinski definition) is 10. The van der Waals surface area contributed by atoms with E-state index in [-0.39, 0.29) is 11.7 Å². The van der Waals surface area contributed by atoms with Crippen LogP contribution >= 0.6 is 0 Å². The summed E-state index contributed by atoms with van der Waals surface area (Å²) in [4.78, 5) is 4.42. The van der Waals surface area contributed by atoms with Crippen molar-refractivity contribution in [2.75, 3.05) is 0 Å². The molecule has 1 aliphatic heterocycles. The maximum absolute atomic E-state index is 5.46. The van der Waals surface area contributed by atoms with E-state index in [1.807, 2.05) is 0 Å². The van der Waals surface area contributed by atoms with E-state index < -0.39 is 5.79 Å². The second-order valence-electron chi connectivity index (χ2n) is 2.44. The normalized spacial score (nSPS) is 19.7. The van der Waals surface area contributed by atoms with Crippen molar-refractivity contribution in [1.82, 2.24) is 15.8 Å². The van der Waals surface area contributed by atoms with Crippen molar-refractivity contribution in [3.63, 3.8) is 0 Å². The van der Waals surface area contributed by atoms with Gasteiger partial charge < -0.3 is 0 Å². The molecule has 2 rings (SSSR count). The standard InChI is InChI=1S/C4H6N8O2/c5-4(6)3(11-14-12-4)9-8-2-1-7-13-10-2/h1,12H,5-6H2. The van der Waals surface area contributed by atoms with Crippen molar-refractivity contribution in [3.8, 4) is 0 Å². The molecule has 0 bridgehead atoms. The molecule has 0 saturated carbocycles. The van der Waals surface area contributed by atoms with E-state index in [1.165, 1.54) is 6.20 Å². The first kappa shape index (κ1) is 8.68. The van der Waals surface area contributed by atoms with E-state index in [2.05, 4.69) is 40.7 Å². The molecule has 1 aromatic heterocycles. The van der Waals surface area contributed by atoms with E-state index in [1.54, 1.807) is 0 Å². The Balaban J connectivity index is 2.12. The monoisotopic (exact) mass is 198 g/mol. The molecule has 1 aromatic rings. The number of nitrogens with two attached hydrogens (primary N) is 2. The first-order chi connectivity index (χ1) is 6.68. The fourth-order valence-electron chi connectivity index (χ4n) is 0.666. The number of nitrogens with one attached hydrogen (secondary N) is 1. The number of rotatable bonds is 1. The molecular weight excluding hydrogens is 192 g/mol. The summed E-state index contributed by atoms with van der Waals surface area (Å²) in [6, 6.07) is 0. The SMILES string of the molecule is NC1(N)NON=C1N=Nc1cnon1. The highest BCUT2D eigenvalue weighted by Crippen LogP contribution is 2.08. The lowest BCUT2D eigenvalue weighted by atomic mass is 10.4. The molecule has 0 spiro atoms. The van der Waals surface area contributed by atoms with Crippen molar-refractivity contribution < 1.29 is 9.57 Å². The van der Waals surface area contributed by atoms with Gasteiger partial charge in [0.15, 0.2) is 0 Å². The van der Waals surface area contributed by atoms with Crippen molar-refractivity contribution in [2.24, 2.45) is 26.9 Å². The largest absolute Gasteiger partial charge is 0.294 e. The van der Waals surface area contributed by atoms with E-state index >= 15 is 0 Å². The molecule has 10 heteroatoms. The van der Waals surface area contributed by atoms with Crippen LogP contribution in [0, 0.1) is 0 Å². The third-order valence-corrected chi connectivity index (χ3v) is 1.31. The average molecular weight is 198 g/mol. The highest BCUT2D eigenvalue weighted by atomic mass is 16.8. The summed E-state index contributed by atoms with van der Waals surface area (Å²) in [6.07, 6.45) is 1.27. The van der Waals surface area contributed by atoms with Gasteiger partial charge in [0.1, 0.15) is 6.20 Å². The van der Waals surface area contributed by atoms with Crippen LogP contribution in [-0.2, 0) is 4.94 Å². The summed E-state index contributed by atoms with van der Waals surface area (Å²) in [5.41, 5.74) is 13.1. The van der Waals surface area contributed by atoms with Gasteiger partial charge in [-0.05, 0) is 10.3 Å². The summed E-state index contributed by atoms with van der Waals surface area (Å²) in [5.74, 6) is -1.29. The zero-order valence-corrected chi connectivity index (χ0v) is 6.78. The van der Waals surface area contributed by atoms with Crippen LogP contribution in [0.15, 0.2) is 26.2 Å². The number of hydroxylamine groups is 1. The summed E-state index contributed by atoms with van der Waals surface area (Å²) in [5, 5.41) is 17.3. The molecule has 0 aliphatic carbocycles. The molecule has 2 heterocycles. The third-order valence-electron chi connectivity index (χ3n) is 1.31. The van der Waals surface area contributed by atoms with Crippen LogP contribution in [0.2, 0.25) is 0 Å². The van der Waals surface area contributed by atoms with Gasteiger partial charge in [-0.2, -0.15) is 0 Å². The smallest absolute Gasteiger partial charge is 0.244 e. The fourth-order valence-corrected chi connectivity index (χ4v) is 0.666. The molecule has 1 aliphatic rings. The van der Waals surface area contributed by atoms with E-state index in [9.17, 15) is 0 Å². The summed E-state index contributed by atoms with van der Waals surface area (Å²) < 4.78 is 4.28. The van der Waals surface area contributed by atoms with Crippen LogP contribution < -0.4 is 16.9 Å². The van der Waals surface area contributed by atoms with Crippen LogP contribution in [0.4, 0.5) is 5.82 Å². The Morgan fingerprint density at radius 2 is 2.29 bits per heavy atom. The van der Waals surface area contributed by atoms with Crippen LogP contribution in [-0.4, -0.2) is 21.9 Å². The van der Waals surface area contributed by atoms with Gasteiger partial charge >= 0.3 is 0 Å². The Morgan fingerprint density at radius 3 is 2.86 bits per heavy atom. The number of aromatic nitrogens is 2. The molecule has 0 aromatic carbocycles. The van der Waals surface area contributed by atoms with Gasteiger partial charge in [0.2, 0.25) is 17.4 Å². The lowest BCUT2D eigenvalue weighted by Crippen LogP contribution is -2.62. The van der Waals surface area contributed by atoms with Gasteiger partial charge in [-0.1, -0.05) is 10.6 Å². The quantitative estimate of drug-likeness (QED) is 0.369. The Hall–Kier alpha value is -1.91. The highest BCUT2D eigenvalue weighted by molar-refractivity contribution is 5.91. The minimum atomic E-state index is -1.46. The summed E-state index contributed by atoms with van der Waals surface area (Å²) in [7, 11) is 0. The lowest BCUT2D eigenvalue weighted by Gasteiger charge is -2.12. The predicted molar refractivity (Wildman–Crippen MR) is 41.6 cm³/mol. The van der Waals surface area contributed by atoms with Crippen LogP contribution in [0.25, 0.3) is 0 Å². The Labute approximate surface area is 76.9 Å². The van der Waals surface area contributed by atoms with Gasteiger partial charge in [-0.25, -0.2) is 4.63 Å². The Kier molecular flexibility index (Phi) is 1.92. The Morgan fingerprint density at radius 1 is 1.43 bits per heavy atom. The third kappa shape index (κ3) is 1.56. The van der Waals surface area contributed by atoms with Crippen LogP contribution in [0.5, 0.6) is 0 Å². The van der Waals surface area contributed by atoms with Crippen LogP contribution in [0.3, 0.4) is 0 Å². The molecule has 0 radical (unpaired) electrons. The highest BCUT2D eigenvalue weighted by Gasteiger charge is 2.33. The van der Waals surface area contributed by atoms with Gasteiger partial charge in [0.25, 0.3) is 0 Å². The predicted octanol–water partition coefficient (Wildman–Crippen LogP) is -1.43. The van der Waals surface area contributed by atoms with E-state index in [4.69, 9.17) is 11.5 Å². The Bertz CT molecular complexity index is 367. The molecule has 10 nitrogen and oxygen atoms in total. The molecule has 0 saturated heterocycles. The molecule has 0 atom stereocenters. The van der Waals surface area contributed by atoms with Crippen molar-refractivity contribution in [3.05, 3.63) is 6.20 Å². The molecular formula is C4H6N8O2. The number of hydrogen-bond donors (Lipinski definition) is 3. The van der Waals surface area contributed by atoms with Gasteiger partial charge in [-0.3, -0.25) is 16.4 Å². The first-order valence-corrected chi connectivity index (χ1v) is 3.47. The van der Waals surface area contributed by atoms with Crippen molar-refractivity contribution in [1.29, 1.82) is 0 Å². The first-order valence-electron chi connectivity index (χ1n) is 3.47. The number of oxime groups is 1. The molecule has 0 amide bonds. The number of nitrogens with zero attached hydrogens (tertiary/aromatic N) is 5. The molecule has 5 N–H and O–H groups in total. The maximum atomic E-state index is 5.46. The summed E-state index contributed by atoms with van der Waals surface area (Å²) >= 11 is 0. The second-order valence-corrected chi connectivity index (χ2v) is 2.44. The average Bonchev–Trinajstić information content (AvgIpc) is 2.71. The van der Waals surface area contributed by atoms with E-state index in [0.717, 1.165) is 0 Å². The molecule has 0 unspecified atom stereocenters. The topological polar surface area (TPSA) is 149 Å². The van der Waals surface area contributed by atoms with E-state index in [0.29, 0.717) is 0 Å². The zero-order valence-electron chi connectivity index (χ0n) is 6.78. The van der Waals surface area contributed by atoms with Crippen LogP contribution in [0.1, 0.15) is 0 Å². The van der Waals surface area contributed by atoms with Gasteiger partial charge in [-0.15, -0.1) is 10.2 Å². The molecule has 0 fully saturated rings. The van der Waals surface area contributed by atoms with Gasteiger partial charge in [0, 0.05) is 0 Å². The molecule has 14 heavy (non-hydrogen) atoms.